The third-order valence-electron chi connectivity index (χ3n) is 9.57. The molecule has 2 fully saturated rings. The van der Waals surface area contributed by atoms with Gasteiger partial charge < -0.3 is 10.2 Å². The second-order valence-corrected chi connectivity index (χ2v) is 12.1. The number of aliphatic hydroxyl groups is 2. The number of carbonyl (C=O) groups is 1. The minimum atomic E-state index is -0.898. The van der Waals surface area contributed by atoms with Gasteiger partial charge in [0.2, 0.25) is 0 Å². The number of rotatable bonds is 4. The molecule has 0 spiro atoms. The SMILES string of the molecule is C[C@]12C[C@H](c3ccc(-c4cccs4)cc3)C3=C4CCC(=O)C=C4CC[C@H]3[C@@H]1CC[C@@]2(O)/C=C\CO. The summed E-state index contributed by atoms with van der Waals surface area (Å²) in [6.45, 7) is 2.24. The van der Waals surface area contributed by atoms with Gasteiger partial charge in [0, 0.05) is 22.6 Å². The fourth-order valence-electron chi connectivity index (χ4n) is 7.84. The molecular weight excluding hydrogens is 452 g/mol. The molecule has 1 heterocycles. The van der Waals surface area contributed by atoms with Crippen molar-refractivity contribution in [1.82, 2.24) is 0 Å². The van der Waals surface area contributed by atoms with E-state index in [2.05, 4.69) is 48.7 Å². The molecule has 0 amide bonds. The Balaban J connectivity index is 1.47. The van der Waals surface area contributed by atoms with Crippen molar-refractivity contribution in [3.63, 3.8) is 0 Å². The van der Waals surface area contributed by atoms with Crippen molar-refractivity contribution < 1.29 is 15.0 Å². The highest BCUT2D eigenvalue weighted by Crippen LogP contribution is 2.67. The monoisotopic (exact) mass is 486 g/mol. The Hall–Kier alpha value is -2.27. The van der Waals surface area contributed by atoms with Gasteiger partial charge in [-0.1, -0.05) is 55.0 Å². The fraction of sp³-hybridized carbons (Fsp3) is 0.452. The van der Waals surface area contributed by atoms with Crippen LogP contribution in [0.5, 0.6) is 0 Å². The summed E-state index contributed by atoms with van der Waals surface area (Å²) in [7, 11) is 0. The van der Waals surface area contributed by atoms with Crippen molar-refractivity contribution in [3.05, 3.63) is 82.3 Å². The van der Waals surface area contributed by atoms with Crippen LogP contribution in [0.3, 0.4) is 0 Å². The molecule has 2 saturated carbocycles. The molecule has 4 aliphatic carbocycles. The molecule has 1 aromatic carbocycles. The van der Waals surface area contributed by atoms with Crippen LogP contribution in [0, 0.1) is 17.3 Å². The fourth-order valence-corrected chi connectivity index (χ4v) is 8.57. The highest BCUT2D eigenvalue weighted by Gasteiger charge is 2.61. The number of allylic oxidation sites excluding steroid dienone is 4. The summed E-state index contributed by atoms with van der Waals surface area (Å²) in [4.78, 5) is 13.5. The molecule has 4 aliphatic rings. The van der Waals surface area contributed by atoms with Gasteiger partial charge >= 0.3 is 0 Å². The number of fused-ring (bicyclic) bond motifs is 4. The van der Waals surface area contributed by atoms with E-state index in [4.69, 9.17) is 0 Å². The third-order valence-corrected chi connectivity index (χ3v) is 10.5. The van der Waals surface area contributed by atoms with Crippen molar-refractivity contribution in [2.75, 3.05) is 6.61 Å². The Morgan fingerprint density at radius 2 is 1.94 bits per heavy atom. The van der Waals surface area contributed by atoms with E-state index in [1.807, 2.05) is 12.2 Å². The first kappa shape index (κ1) is 23.1. The molecule has 4 heteroatoms. The summed E-state index contributed by atoms with van der Waals surface area (Å²) >= 11 is 1.76. The Labute approximate surface area is 211 Å². The molecule has 35 heavy (non-hydrogen) atoms. The molecule has 5 atom stereocenters. The molecule has 2 N–H and O–H groups in total. The van der Waals surface area contributed by atoms with Crippen LogP contribution in [-0.2, 0) is 4.79 Å². The van der Waals surface area contributed by atoms with Gasteiger partial charge in [0.05, 0.1) is 12.2 Å². The van der Waals surface area contributed by atoms with Crippen LogP contribution in [-0.4, -0.2) is 28.2 Å². The zero-order chi connectivity index (χ0) is 24.2. The van der Waals surface area contributed by atoms with Crippen LogP contribution in [0.15, 0.2) is 76.7 Å². The van der Waals surface area contributed by atoms with Crippen molar-refractivity contribution in [2.24, 2.45) is 17.3 Å². The largest absolute Gasteiger partial charge is 0.392 e. The summed E-state index contributed by atoms with van der Waals surface area (Å²) in [6, 6.07) is 13.3. The molecule has 0 bridgehead atoms. The maximum atomic E-state index is 12.2. The summed E-state index contributed by atoms with van der Waals surface area (Å²) in [5, 5.41) is 23.5. The lowest BCUT2D eigenvalue weighted by Crippen LogP contribution is -2.50. The van der Waals surface area contributed by atoms with Gasteiger partial charge in [0.1, 0.15) is 0 Å². The maximum absolute atomic E-state index is 12.2. The Morgan fingerprint density at radius 1 is 1.11 bits per heavy atom. The number of ketones is 1. The molecule has 0 unspecified atom stereocenters. The molecular formula is C31H34O3S. The van der Waals surface area contributed by atoms with E-state index in [-0.39, 0.29) is 23.7 Å². The number of hydrogen-bond donors (Lipinski definition) is 2. The Morgan fingerprint density at radius 3 is 2.69 bits per heavy atom. The maximum Gasteiger partial charge on any atom is 0.156 e. The van der Waals surface area contributed by atoms with Crippen LogP contribution in [0.4, 0.5) is 0 Å². The highest BCUT2D eigenvalue weighted by molar-refractivity contribution is 7.13. The van der Waals surface area contributed by atoms with E-state index in [1.165, 1.54) is 27.2 Å². The van der Waals surface area contributed by atoms with Gasteiger partial charge in [-0.2, -0.15) is 0 Å². The quantitative estimate of drug-likeness (QED) is 0.479. The summed E-state index contributed by atoms with van der Waals surface area (Å²) in [6.07, 6.45) is 11.7. The zero-order valence-corrected chi connectivity index (χ0v) is 21.2. The zero-order valence-electron chi connectivity index (χ0n) is 20.4. The number of aliphatic hydroxyl groups excluding tert-OH is 1. The molecule has 182 valence electrons. The van der Waals surface area contributed by atoms with Crippen LogP contribution >= 0.6 is 11.3 Å². The van der Waals surface area contributed by atoms with Crippen LogP contribution < -0.4 is 0 Å². The topological polar surface area (TPSA) is 57.5 Å². The standard InChI is InChI=1S/C31H34O3S/c1-30-19-26(20-5-7-21(8-6-20)28-4-2-17-35-28)29-24-12-10-23(33)18-22(24)9-11-25(29)27(30)13-15-31(30,34)14-3-16-32/h2-8,14,17-18,25-27,32,34H,9-13,15-16,19H2,1H3/b14-3-/t25-,26+,27-,30-,31-/m0/s1. The first-order valence-corrected chi connectivity index (χ1v) is 13.9. The molecule has 0 radical (unpaired) electrons. The minimum absolute atomic E-state index is 0.0441. The third kappa shape index (κ3) is 3.64. The van der Waals surface area contributed by atoms with Crippen LogP contribution in [0.25, 0.3) is 10.4 Å². The number of hydrogen-bond acceptors (Lipinski definition) is 4. The number of benzene rings is 1. The number of carbonyl (C=O) groups excluding carboxylic acids is 1. The van der Waals surface area contributed by atoms with Crippen molar-refractivity contribution >= 4 is 17.1 Å². The van der Waals surface area contributed by atoms with Crippen molar-refractivity contribution in [1.29, 1.82) is 0 Å². The van der Waals surface area contributed by atoms with Gasteiger partial charge in [-0.05, 0) is 90.2 Å². The van der Waals surface area contributed by atoms with E-state index >= 15 is 0 Å². The summed E-state index contributed by atoms with van der Waals surface area (Å²) in [5.74, 6) is 1.36. The highest BCUT2D eigenvalue weighted by atomic mass is 32.1. The van der Waals surface area contributed by atoms with Gasteiger partial charge in [0.25, 0.3) is 0 Å². The average molecular weight is 487 g/mol. The second-order valence-electron chi connectivity index (χ2n) is 11.1. The predicted octanol–water partition coefficient (Wildman–Crippen LogP) is 6.59. The average Bonchev–Trinajstić information content (AvgIpc) is 3.49. The molecule has 2 aromatic rings. The lowest BCUT2D eigenvalue weighted by atomic mass is 9.51. The van der Waals surface area contributed by atoms with Gasteiger partial charge in [-0.3, -0.25) is 4.79 Å². The lowest BCUT2D eigenvalue weighted by Gasteiger charge is -2.54. The molecule has 0 saturated heterocycles. The minimum Gasteiger partial charge on any atom is -0.392 e. The summed E-state index contributed by atoms with van der Waals surface area (Å²) < 4.78 is 0. The lowest BCUT2D eigenvalue weighted by molar-refractivity contribution is -0.114. The predicted molar refractivity (Wildman–Crippen MR) is 141 cm³/mol. The number of thiophene rings is 1. The summed E-state index contributed by atoms with van der Waals surface area (Å²) in [5.41, 5.74) is 5.67. The van der Waals surface area contributed by atoms with Crippen LogP contribution in [0.1, 0.15) is 63.4 Å². The van der Waals surface area contributed by atoms with E-state index in [9.17, 15) is 15.0 Å². The van der Waals surface area contributed by atoms with Crippen molar-refractivity contribution in [3.8, 4) is 10.4 Å². The first-order valence-electron chi connectivity index (χ1n) is 13.0. The van der Waals surface area contributed by atoms with Crippen LogP contribution in [0.2, 0.25) is 0 Å². The van der Waals surface area contributed by atoms with Gasteiger partial charge in [-0.15, -0.1) is 11.3 Å². The molecule has 1 aromatic heterocycles. The second kappa shape index (κ2) is 8.69. The van der Waals surface area contributed by atoms with E-state index in [1.54, 1.807) is 23.0 Å². The Kier molecular flexibility index (Phi) is 5.75. The normalized spacial score (nSPS) is 34.5. The van der Waals surface area contributed by atoms with Gasteiger partial charge in [-0.25, -0.2) is 0 Å². The Bertz CT molecular complexity index is 1220. The molecule has 0 aliphatic heterocycles. The van der Waals surface area contributed by atoms with E-state index < -0.39 is 5.60 Å². The molecule has 6 rings (SSSR count). The molecule has 3 nitrogen and oxygen atoms in total. The van der Waals surface area contributed by atoms with E-state index in [0.717, 1.165) is 38.5 Å². The van der Waals surface area contributed by atoms with E-state index in [0.29, 0.717) is 18.3 Å². The smallest absolute Gasteiger partial charge is 0.156 e. The van der Waals surface area contributed by atoms with Crippen molar-refractivity contribution in [2.45, 2.75) is 63.4 Å². The van der Waals surface area contributed by atoms with Gasteiger partial charge in [0.15, 0.2) is 5.78 Å². The first-order chi connectivity index (χ1) is 16.9.